The van der Waals surface area contributed by atoms with E-state index in [1.807, 2.05) is 13.8 Å². The highest BCUT2D eigenvalue weighted by atomic mass is 35.5. The molecule has 0 aromatic carbocycles. The number of aromatic nitrogens is 2. The van der Waals surface area contributed by atoms with Crippen molar-refractivity contribution in [3.05, 3.63) is 56.1 Å². The quantitative estimate of drug-likeness (QED) is 0.412. The summed E-state index contributed by atoms with van der Waals surface area (Å²) < 4.78 is 7.57. The van der Waals surface area contributed by atoms with Crippen LogP contribution < -0.4 is 5.32 Å². The summed E-state index contributed by atoms with van der Waals surface area (Å²) in [6.07, 6.45) is 11.7. The Bertz CT molecular complexity index is 1200. The first-order valence-corrected chi connectivity index (χ1v) is 13.3. The highest BCUT2D eigenvalue weighted by Crippen LogP contribution is 2.36. The number of carbonyl (C=O) groups is 1. The predicted molar refractivity (Wildman–Crippen MR) is 136 cm³/mol. The second kappa shape index (κ2) is 11.2. The highest BCUT2D eigenvalue weighted by Gasteiger charge is 2.21. The largest absolute Gasteiger partial charge is 0.454 e. The van der Waals surface area contributed by atoms with Gasteiger partial charge < -0.3 is 9.73 Å². The minimum Gasteiger partial charge on any atom is -0.454 e. The van der Waals surface area contributed by atoms with Gasteiger partial charge in [0.2, 0.25) is 0 Å². The van der Waals surface area contributed by atoms with Crippen molar-refractivity contribution >= 4 is 33.8 Å². The lowest BCUT2D eigenvalue weighted by Gasteiger charge is -2.08. The van der Waals surface area contributed by atoms with Gasteiger partial charge in [0, 0.05) is 4.88 Å². The Morgan fingerprint density at radius 1 is 1.15 bits per heavy atom. The normalized spacial score (nSPS) is 15.1. The summed E-state index contributed by atoms with van der Waals surface area (Å²) in [6.45, 7) is 4.15. The third-order valence-electron chi connectivity index (χ3n) is 6.49. The number of hydrogen-bond donors (Lipinski definition) is 1. The number of nitrogens with zero attached hydrogens (tertiary/aromatic N) is 3. The van der Waals surface area contributed by atoms with Gasteiger partial charge in [0.1, 0.15) is 16.8 Å². The van der Waals surface area contributed by atoms with Gasteiger partial charge in [-0.3, -0.25) is 9.48 Å². The maximum absolute atomic E-state index is 13.0. The number of carbonyl (C=O) groups excluding carboxylic acids is 1. The molecule has 8 heteroatoms. The van der Waals surface area contributed by atoms with E-state index in [2.05, 4.69) is 16.5 Å². The van der Waals surface area contributed by atoms with E-state index >= 15 is 0 Å². The van der Waals surface area contributed by atoms with Crippen LogP contribution in [-0.2, 0) is 19.4 Å². The van der Waals surface area contributed by atoms with E-state index < -0.39 is 0 Å². The summed E-state index contributed by atoms with van der Waals surface area (Å²) >= 11 is 7.78. The monoisotopic (exact) mass is 498 g/mol. The summed E-state index contributed by atoms with van der Waals surface area (Å²) in [7, 11) is 0. The molecule has 3 aromatic rings. The van der Waals surface area contributed by atoms with Crippen LogP contribution in [0.5, 0.6) is 0 Å². The van der Waals surface area contributed by atoms with Crippen molar-refractivity contribution in [3.8, 4) is 6.07 Å². The molecule has 34 heavy (non-hydrogen) atoms. The van der Waals surface area contributed by atoms with Crippen LogP contribution in [0.2, 0.25) is 5.02 Å². The first-order chi connectivity index (χ1) is 16.5. The number of fused-ring (bicyclic) bond motifs is 1. The van der Waals surface area contributed by atoms with Gasteiger partial charge in [-0.15, -0.1) is 11.3 Å². The molecule has 0 spiro atoms. The van der Waals surface area contributed by atoms with Crippen LogP contribution in [0, 0.1) is 25.2 Å². The fourth-order valence-corrected chi connectivity index (χ4v) is 5.93. The van der Waals surface area contributed by atoms with Crippen molar-refractivity contribution in [1.82, 2.24) is 9.78 Å². The maximum atomic E-state index is 13.0. The SMILES string of the molecule is Cc1nn(Cc2ccc(C(=O)Nc3sc4c(c3C#N)CCCCCCCCCC4)o2)c(C)c1Cl. The molecule has 3 aromatic heterocycles. The maximum Gasteiger partial charge on any atom is 0.292 e. The molecule has 0 radical (unpaired) electrons. The molecule has 0 bridgehead atoms. The van der Waals surface area contributed by atoms with E-state index in [0.29, 0.717) is 27.9 Å². The lowest BCUT2D eigenvalue weighted by Crippen LogP contribution is -2.11. The third kappa shape index (κ3) is 5.56. The predicted octanol–water partition coefficient (Wildman–Crippen LogP) is 7.20. The standard InChI is InChI=1S/C26H31ClN4O2S/c1-17-24(27)18(2)31(30-17)16-19-13-14-22(33-19)25(32)29-26-21(15-28)20-11-9-7-5-3-4-6-8-10-12-23(20)34-26/h13-14H,3-12,16H2,1-2H3,(H,29,32). The summed E-state index contributed by atoms with van der Waals surface area (Å²) in [5, 5.41) is 18.6. The molecule has 6 nitrogen and oxygen atoms in total. The van der Waals surface area contributed by atoms with Gasteiger partial charge in [0.25, 0.3) is 5.91 Å². The third-order valence-corrected chi connectivity index (χ3v) is 8.25. The van der Waals surface area contributed by atoms with E-state index in [-0.39, 0.29) is 11.7 Å². The second-order valence-electron chi connectivity index (χ2n) is 9.01. The zero-order valence-electron chi connectivity index (χ0n) is 19.9. The zero-order valence-corrected chi connectivity index (χ0v) is 21.4. The van der Waals surface area contributed by atoms with Gasteiger partial charge in [-0.05, 0) is 57.2 Å². The molecule has 0 saturated carbocycles. The fraction of sp³-hybridized carbons (Fsp3) is 0.500. The second-order valence-corrected chi connectivity index (χ2v) is 10.5. The van der Waals surface area contributed by atoms with Crippen LogP contribution in [-0.4, -0.2) is 15.7 Å². The number of amides is 1. The Kier molecular flexibility index (Phi) is 8.12. The Morgan fingerprint density at radius 2 is 1.82 bits per heavy atom. The first-order valence-electron chi connectivity index (χ1n) is 12.1. The average molecular weight is 499 g/mol. The number of hydrogen-bond acceptors (Lipinski definition) is 5. The number of furan rings is 1. The Morgan fingerprint density at radius 3 is 2.47 bits per heavy atom. The van der Waals surface area contributed by atoms with Crippen molar-refractivity contribution in [2.24, 2.45) is 0 Å². The van der Waals surface area contributed by atoms with Gasteiger partial charge in [-0.1, -0.05) is 50.1 Å². The number of rotatable bonds is 4. The van der Waals surface area contributed by atoms with Gasteiger partial charge in [-0.25, -0.2) is 0 Å². The van der Waals surface area contributed by atoms with Crippen molar-refractivity contribution < 1.29 is 9.21 Å². The molecule has 0 atom stereocenters. The van der Waals surface area contributed by atoms with Crippen LogP contribution >= 0.6 is 22.9 Å². The molecular formula is C26H31ClN4O2S. The smallest absolute Gasteiger partial charge is 0.292 e. The number of aryl methyl sites for hydroxylation is 2. The van der Waals surface area contributed by atoms with Crippen molar-refractivity contribution in [2.75, 3.05) is 5.32 Å². The summed E-state index contributed by atoms with van der Waals surface area (Å²) in [5.74, 6) is 0.492. The molecule has 4 rings (SSSR count). The van der Waals surface area contributed by atoms with Gasteiger partial charge in [0.05, 0.1) is 28.5 Å². The van der Waals surface area contributed by atoms with E-state index in [0.717, 1.165) is 42.6 Å². The lowest BCUT2D eigenvalue weighted by atomic mass is 9.98. The minimum absolute atomic E-state index is 0.217. The first kappa shape index (κ1) is 24.6. The van der Waals surface area contributed by atoms with Crippen LogP contribution in [0.3, 0.4) is 0 Å². The summed E-state index contributed by atoms with van der Waals surface area (Å²) in [4.78, 5) is 14.2. The van der Waals surface area contributed by atoms with E-state index in [9.17, 15) is 10.1 Å². The van der Waals surface area contributed by atoms with E-state index in [1.54, 1.807) is 28.2 Å². The molecule has 0 aliphatic heterocycles. The summed E-state index contributed by atoms with van der Waals surface area (Å²) in [6, 6.07) is 5.80. The molecule has 1 aliphatic carbocycles. The molecule has 1 amide bonds. The van der Waals surface area contributed by atoms with Crippen LogP contribution in [0.4, 0.5) is 5.00 Å². The molecule has 1 aliphatic rings. The van der Waals surface area contributed by atoms with Crippen molar-refractivity contribution in [1.29, 1.82) is 5.26 Å². The van der Waals surface area contributed by atoms with Crippen LogP contribution in [0.25, 0.3) is 0 Å². The fourth-order valence-electron chi connectivity index (χ4n) is 4.56. The Labute approximate surface area is 209 Å². The Balaban J connectivity index is 1.50. The van der Waals surface area contributed by atoms with Crippen molar-refractivity contribution in [2.45, 2.75) is 84.6 Å². The van der Waals surface area contributed by atoms with Crippen molar-refractivity contribution in [3.63, 3.8) is 0 Å². The van der Waals surface area contributed by atoms with Crippen LogP contribution in [0.1, 0.15) is 95.1 Å². The molecule has 0 unspecified atom stereocenters. The van der Waals surface area contributed by atoms with Gasteiger partial charge >= 0.3 is 0 Å². The number of nitriles is 1. The number of anilines is 1. The molecule has 0 saturated heterocycles. The summed E-state index contributed by atoms with van der Waals surface area (Å²) in [5.41, 5.74) is 3.37. The Hall–Kier alpha value is -2.56. The number of thiophene rings is 1. The number of nitrogens with one attached hydrogen (secondary N) is 1. The molecular weight excluding hydrogens is 468 g/mol. The van der Waals surface area contributed by atoms with Gasteiger partial charge in [-0.2, -0.15) is 10.4 Å². The minimum atomic E-state index is -0.341. The molecule has 0 fully saturated rings. The van der Waals surface area contributed by atoms with E-state index in [4.69, 9.17) is 16.0 Å². The zero-order chi connectivity index (χ0) is 24.1. The average Bonchev–Trinajstić information content (AvgIpc) is 3.47. The molecule has 3 heterocycles. The number of halogens is 1. The topological polar surface area (TPSA) is 83.9 Å². The molecule has 1 N–H and O–H groups in total. The highest BCUT2D eigenvalue weighted by molar-refractivity contribution is 7.16. The lowest BCUT2D eigenvalue weighted by molar-refractivity contribution is 0.0995. The van der Waals surface area contributed by atoms with Crippen LogP contribution in [0.15, 0.2) is 16.5 Å². The van der Waals surface area contributed by atoms with E-state index in [1.165, 1.54) is 43.4 Å². The van der Waals surface area contributed by atoms with Gasteiger partial charge in [0.15, 0.2) is 5.76 Å². The molecule has 180 valence electrons.